The zero-order valence-corrected chi connectivity index (χ0v) is 21.2. The summed E-state index contributed by atoms with van der Waals surface area (Å²) in [7, 11) is 5.27. The lowest BCUT2D eigenvalue weighted by molar-refractivity contribution is 0.0443. The minimum Gasteiger partial charge on any atom is -0.453 e. The number of methoxy groups -OCH3 is 1. The summed E-state index contributed by atoms with van der Waals surface area (Å²) < 4.78 is 23.3. The van der Waals surface area contributed by atoms with Gasteiger partial charge in [0, 0.05) is 31.9 Å². The van der Waals surface area contributed by atoms with Crippen LogP contribution in [0.2, 0.25) is 5.02 Å². The van der Waals surface area contributed by atoms with Crippen molar-refractivity contribution in [3.63, 3.8) is 0 Å². The Balaban J connectivity index is 1.94. The van der Waals surface area contributed by atoms with Gasteiger partial charge in [-0.25, -0.2) is 19.2 Å². The number of anilines is 2. The molecule has 1 saturated heterocycles. The molecule has 1 aliphatic rings. The molecule has 0 unspecified atom stereocenters. The van der Waals surface area contributed by atoms with Crippen LogP contribution in [0, 0.1) is 0 Å². The van der Waals surface area contributed by atoms with Crippen molar-refractivity contribution in [1.82, 2.24) is 14.9 Å². The van der Waals surface area contributed by atoms with E-state index in [-0.39, 0.29) is 18.8 Å². The number of hydrogen-bond donors (Lipinski definition) is 1. The third-order valence-corrected chi connectivity index (χ3v) is 6.18. The highest BCUT2D eigenvalue weighted by molar-refractivity contribution is 6.33. The van der Waals surface area contributed by atoms with Gasteiger partial charge in [-0.15, -0.1) is 0 Å². The lowest BCUT2D eigenvalue weighted by atomic mass is 10.1. The van der Waals surface area contributed by atoms with Crippen LogP contribution in [-0.2, 0) is 22.3 Å². The summed E-state index contributed by atoms with van der Waals surface area (Å²) >= 11 is 6.63. The average Bonchev–Trinajstić information content (AvgIpc) is 3.24. The zero-order chi connectivity index (χ0) is 24.8. The second kappa shape index (κ2) is 11.7. The van der Waals surface area contributed by atoms with E-state index in [1.54, 1.807) is 4.90 Å². The summed E-state index contributed by atoms with van der Waals surface area (Å²) in [5, 5.41) is 4.02. The third kappa shape index (κ3) is 5.70. The molecule has 1 aliphatic heterocycles. The van der Waals surface area contributed by atoms with Gasteiger partial charge in [0.05, 0.1) is 54.5 Å². The number of carbonyl (C=O) groups is 1. The Morgan fingerprint density at radius 1 is 1.24 bits per heavy atom. The molecule has 1 amide bonds. The SMILES string of the molecule is CCc1nc(-c2ccc(N(C)C)cc2Cl)c(CC)nc1N[C@@H]1CN(C(=O)OC)C[C@@H]1OCCF. The van der Waals surface area contributed by atoms with Gasteiger partial charge in [0.1, 0.15) is 12.5 Å². The Bertz CT molecular complexity index is 1010. The molecule has 2 atom stereocenters. The predicted octanol–water partition coefficient (Wildman–Crippen LogP) is 4.21. The number of halogens is 2. The van der Waals surface area contributed by atoms with Gasteiger partial charge in [-0.3, -0.25) is 0 Å². The van der Waals surface area contributed by atoms with Gasteiger partial charge >= 0.3 is 6.09 Å². The Hall–Kier alpha value is -2.65. The van der Waals surface area contributed by atoms with Crippen LogP contribution in [0.15, 0.2) is 18.2 Å². The molecular weight excluding hydrogens is 461 g/mol. The first-order valence-corrected chi connectivity index (χ1v) is 11.8. The van der Waals surface area contributed by atoms with E-state index in [1.165, 1.54) is 7.11 Å². The van der Waals surface area contributed by atoms with Gasteiger partial charge in [0.15, 0.2) is 0 Å². The van der Waals surface area contributed by atoms with Gasteiger partial charge in [-0.1, -0.05) is 25.4 Å². The first-order valence-electron chi connectivity index (χ1n) is 11.5. The summed E-state index contributed by atoms with van der Waals surface area (Å²) in [6.45, 7) is 4.07. The van der Waals surface area contributed by atoms with Crippen molar-refractivity contribution in [2.75, 3.05) is 57.8 Å². The molecule has 2 aromatic rings. The van der Waals surface area contributed by atoms with Gasteiger partial charge in [0.2, 0.25) is 0 Å². The van der Waals surface area contributed by atoms with Crippen LogP contribution in [0.25, 0.3) is 11.3 Å². The minimum absolute atomic E-state index is 0.0369. The van der Waals surface area contributed by atoms with E-state index < -0.39 is 12.8 Å². The predicted molar refractivity (Wildman–Crippen MR) is 133 cm³/mol. The van der Waals surface area contributed by atoms with Crippen LogP contribution < -0.4 is 10.2 Å². The standard InChI is InChI=1S/C24H33ClFN5O3/c1-6-18-22(16-9-8-15(30(3)4)12-17(16)25)27-19(7-2)23(28-18)29-20-13-31(24(32)33-5)14-21(20)34-11-10-26/h8-9,12,20-21H,6-7,10-11,13-14H2,1-5H3,(H,28,29)/t20-,21+/m1/s1. The van der Waals surface area contributed by atoms with Gasteiger partial charge in [0.25, 0.3) is 0 Å². The fourth-order valence-electron chi connectivity index (χ4n) is 4.03. The van der Waals surface area contributed by atoms with Crippen molar-refractivity contribution >= 4 is 29.2 Å². The molecule has 0 aliphatic carbocycles. The topological polar surface area (TPSA) is 79.8 Å². The van der Waals surface area contributed by atoms with Crippen LogP contribution in [0.1, 0.15) is 25.2 Å². The van der Waals surface area contributed by atoms with Gasteiger partial charge in [-0.05, 0) is 31.0 Å². The molecule has 186 valence electrons. The number of aromatic nitrogens is 2. The Kier molecular flexibility index (Phi) is 8.90. The minimum atomic E-state index is -0.594. The van der Waals surface area contributed by atoms with E-state index in [9.17, 15) is 9.18 Å². The van der Waals surface area contributed by atoms with Crippen LogP contribution in [0.5, 0.6) is 0 Å². The van der Waals surface area contributed by atoms with Gasteiger partial charge < -0.3 is 24.6 Å². The Morgan fingerprint density at radius 3 is 2.56 bits per heavy atom. The van der Waals surface area contributed by atoms with Crippen molar-refractivity contribution in [2.24, 2.45) is 0 Å². The number of aryl methyl sites for hydroxylation is 2. The molecule has 0 spiro atoms. The fourth-order valence-corrected chi connectivity index (χ4v) is 4.30. The monoisotopic (exact) mass is 493 g/mol. The van der Waals surface area contributed by atoms with Crippen LogP contribution in [-0.4, -0.2) is 80.7 Å². The molecular formula is C24H33ClFN5O3. The summed E-state index contributed by atoms with van der Waals surface area (Å²) in [6, 6.07) is 5.62. The molecule has 0 bridgehead atoms. The smallest absolute Gasteiger partial charge is 0.409 e. The van der Waals surface area contributed by atoms with Crippen molar-refractivity contribution < 1.29 is 18.7 Å². The van der Waals surface area contributed by atoms with Gasteiger partial charge in [-0.2, -0.15) is 0 Å². The van der Waals surface area contributed by atoms with E-state index in [4.69, 9.17) is 31.0 Å². The molecule has 0 saturated carbocycles. The average molecular weight is 494 g/mol. The van der Waals surface area contributed by atoms with E-state index >= 15 is 0 Å². The number of nitrogens with one attached hydrogen (secondary N) is 1. The van der Waals surface area contributed by atoms with E-state index in [1.807, 2.05) is 51.0 Å². The number of alkyl halides is 1. The maximum Gasteiger partial charge on any atom is 0.409 e. The number of carbonyl (C=O) groups excluding carboxylic acids is 1. The molecule has 2 heterocycles. The van der Waals surface area contributed by atoms with Crippen molar-refractivity contribution in [1.29, 1.82) is 0 Å². The lowest BCUT2D eigenvalue weighted by Crippen LogP contribution is -2.36. The van der Waals surface area contributed by atoms with E-state index in [0.717, 1.165) is 28.3 Å². The molecule has 3 rings (SSSR count). The maximum atomic E-state index is 12.8. The molecule has 34 heavy (non-hydrogen) atoms. The number of ether oxygens (including phenoxy) is 2. The summed E-state index contributed by atoms with van der Waals surface area (Å²) in [4.78, 5) is 25.4. The maximum absolute atomic E-state index is 12.8. The summed E-state index contributed by atoms with van der Waals surface area (Å²) in [5.41, 5.74) is 4.18. The molecule has 1 fully saturated rings. The molecule has 8 nitrogen and oxygen atoms in total. The number of nitrogens with zero attached hydrogens (tertiary/aromatic N) is 4. The summed E-state index contributed by atoms with van der Waals surface area (Å²) in [5.74, 6) is 0.634. The highest BCUT2D eigenvalue weighted by Crippen LogP contribution is 2.33. The van der Waals surface area contributed by atoms with Crippen molar-refractivity contribution in [2.45, 2.75) is 38.8 Å². The van der Waals surface area contributed by atoms with Crippen LogP contribution in [0.4, 0.5) is 20.7 Å². The van der Waals surface area contributed by atoms with Crippen molar-refractivity contribution in [3.05, 3.63) is 34.6 Å². The normalized spacial score (nSPS) is 17.7. The second-order valence-corrected chi connectivity index (χ2v) is 8.71. The number of likely N-dealkylation sites (tertiary alicyclic amines) is 1. The summed E-state index contributed by atoms with van der Waals surface area (Å²) in [6.07, 6.45) is 0.468. The second-order valence-electron chi connectivity index (χ2n) is 8.30. The molecule has 1 aromatic carbocycles. The third-order valence-electron chi connectivity index (χ3n) is 5.86. The zero-order valence-electron chi connectivity index (χ0n) is 20.4. The lowest BCUT2D eigenvalue weighted by Gasteiger charge is -2.22. The Labute approximate surface area is 205 Å². The highest BCUT2D eigenvalue weighted by atomic mass is 35.5. The fraction of sp³-hybridized carbons (Fsp3) is 0.542. The van der Waals surface area contributed by atoms with Crippen LogP contribution >= 0.6 is 11.6 Å². The number of rotatable bonds is 9. The first-order chi connectivity index (χ1) is 16.3. The molecule has 10 heteroatoms. The number of benzene rings is 1. The first kappa shape index (κ1) is 26.0. The van der Waals surface area contributed by atoms with E-state index in [2.05, 4.69) is 5.32 Å². The molecule has 0 radical (unpaired) electrons. The molecule has 1 aromatic heterocycles. The van der Waals surface area contributed by atoms with Crippen LogP contribution in [0.3, 0.4) is 0 Å². The largest absolute Gasteiger partial charge is 0.453 e. The molecule has 1 N–H and O–H groups in total. The van der Waals surface area contributed by atoms with Crippen molar-refractivity contribution in [3.8, 4) is 11.3 Å². The highest BCUT2D eigenvalue weighted by Gasteiger charge is 2.37. The number of amides is 1. The Morgan fingerprint density at radius 2 is 1.97 bits per heavy atom. The number of hydrogen-bond acceptors (Lipinski definition) is 7. The quantitative estimate of drug-likeness (QED) is 0.560. The van der Waals surface area contributed by atoms with E-state index in [0.29, 0.717) is 36.8 Å².